The summed E-state index contributed by atoms with van der Waals surface area (Å²) in [5, 5.41) is -0.0433. The number of fused-ring (bicyclic) bond motifs is 1. The summed E-state index contributed by atoms with van der Waals surface area (Å²) in [6, 6.07) is 12.0. The van der Waals surface area contributed by atoms with Gasteiger partial charge in [-0.2, -0.15) is 0 Å². The van der Waals surface area contributed by atoms with Crippen LogP contribution in [0.15, 0.2) is 59.1 Å². The van der Waals surface area contributed by atoms with E-state index in [0.29, 0.717) is 24.2 Å². The Hall–Kier alpha value is -2.44. The number of ketones is 1. The summed E-state index contributed by atoms with van der Waals surface area (Å²) >= 11 is 1.17. The van der Waals surface area contributed by atoms with Crippen LogP contribution in [0.3, 0.4) is 0 Å². The molecule has 4 rings (SSSR count). The number of benzene rings is 2. The smallest absolute Gasteiger partial charge is 0.240 e. The van der Waals surface area contributed by atoms with E-state index < -0.39 is 0 Å². The minimum absolute atomic E-state index is 0.0433. The van der Waals surface area contributed by atoms with Gasteiger partial charge in [0.1, 0.15) is 5.82 Å². The Bertz CT molecular complexity index is 1030. The maximum absolute atomic E-state index is 13.3. The molecule has 1 saturated heterocycles. The van der Waals surface area contributed by atoms with Gasteiger partial charge in [0, 0.05) is 23.4 Å². The molecule has 6 heteroatoms. The SMILES string of the molecule is C/C=C1/C(=O)Sc2cc(C(=O)CCCCN3CCCCC3)ccc2N1Cc1ccc(F)cc1. The van der Waals surface area contributed by atoms with Gasteiger partial charge in [0.2, 0.25) is 5.12 Å². The molecule has 0 N–H and O–H groups in total. The number of unbranched alkanes of at least 4 members (excludes halogenated alkanes) is 1. The quantitative estimate of drug-likeness (QED) is 0.263. The van der Waals surface area contributed by atoms with Crippen molar-refractivity contribution in [1.29, 1.82) is 0 Å². The van der Waals surface area contributed by atoms with Crippen molar-refractivity contribution in [3.63, 3.8) is 0 Å². The van der Waals surface area contributed by atoms with Crippen molar-refractivity contribution in [3.05, 3.63) is 71.2 Å². The summed E-state index contributed by atoms with van der Waals surface area (Å²) in [5.41, 5.74) is 3.08. The predicted molar refractivity (Wildman–Crippen MR) is 132 cm³/mol. The first-order valence-electron chi connectivity index (χ1n) is 11.9. The number of hydrogen-bond acceptors (Lipinski definition) is 5. The van der Waals surface area contributed by atoms with Gasteiger partial charge in [-0.15, -0.1) is 0 Å². The number of allylic oxidation sites excluding steroid dienone is 1. The van der Waals surface area contributed by atoms with Gasteiger partial charge in [0.25, 0.3) is 0 Å². The maximum Gasteiger partial charge on any atom is 0.240 e. The maximum atomic E-state index is 13.3. The third-order valence-corrected chi connectivity index (χ3v) is 7.32. The average molecular weight is 467 g/mol. The van der Waals surface area contributed by atoms with Crippen molar-refractivity contribution < 1.29 is 14.0 Å². The highest BCUT2D eigenvalue weighted by atomic mass is 32.2. The van der Waals surface area contributed by atoms with Crippen molar-refractivity contribution in [1.82, 2.24) is 4.90 Å². The first-order chi connectivity index (χ1) is 16.0. The molecule has 2 aliphatic rings. The van der Waals surface area contributed by atoms with Crippen molar-refractivity contribution in [2.75, 3.05) is 24.5 Å². The number of carbonyl (C=O) groups is 2. The van der Waals surface area contributed by atoms with Crippen molar-refractivity contribution in [3.8, 4) is 0 Å². The van der Waals surface area contributed by atoms with E-state index in [1.807, 2.05) is 36.1 Å². The largest absolute Gasteiger partial charge is 0.333 e. The molecule has 2 aromatic carbocycles. The van der Waals surface area contributed by atoms with Crippen molar-refractivity contribution in [2.45, 2.75) is 56.9 Å². The molecule has 0 amide bonds. The van der Waals surface area contributed by atoms with Crippen LogP contribution in [0.2, 0.25) is 0 Å². The zero-order valence-corrected chi connectivity index (χ0v) is 20.0. The van der Waals surface area contributed by atoms with Gasteiger partial charge in [-0.1, -0.05) is 24.6 Å². The lowest BCUT2D eigenvalue weighted by atomic mass is 10.0. The van der Waals surface area contributed by atoms with Gasteiger partial charge in [-0.3, -0.25) is 9.59 Å². The number of hydrogen-bond donors (Lipinski definition) is 0. The van der Waals surface area contributed by atoms with E-state index in [1.165, 1.54) is 56.2 Å². The highest BCUT2D eigenvalue weighted by Crippen LogP contribution is 2.41. The fourth-order valence-corrected chi connectivity index (χ4v) is 5.55. The van der Waals surface area contributed by atoms with Crippen LogP contribution in [0.1, 0.15) is 61.4 Å². The van der Waals surface area contributed by atoms with Gasteiger partial charge < -0.3 is 9.80 Å². The Morgan fingerprint density at radius 1 is 1.06 bits per heavy atom. The zero-order valence-electron chi connectivity index (χ0n) is 19.2. The van der Waals surface area contributed by atoms with E-state index in [-0.39, 0.29) is 16.7 Å². The lowest BCUT2D eigenvalue weighted by Gasteiger charge is -2.32. The van der Waals surface area contributed by atoms with Gasteiger partial charge >= 0.3 is 0 Å². The number of Topliss-reactive ketones (excluding diaryl/α,β-unsaturated/α-hetero) is 1. The van der Waals surface area contributed by atoms with Crippen molar-refractivity contribution in [2.24, 2.45) is 0 Å². The molecule has 0 saturated carbocycles. The summed E-state index contributed by atoms with van der Waals surface area (Å²) in [4.78, 5) is 30.9. The Labute approximate surface area is 199 Å². The number of nitrogens with zero attached hydrogens (tertiary/aromatic N) is 2. The highest BCUT2D eigenvalue weighted by Gasteiger charge is 2.29. The minimum Gasteiger partial charge on any atom is -0.333 e. The summed E-state index contributed by atoms with van der Waals surface area (Å²) in [6.45, 7) is 5.76. The van der Waals surface area contributed by atoms with Crippen LogP contribution in [0, 0.1) is 5.82 Å². The second-order valence-corrected chi connectivity index (χ2v) is 9.76. The van der Waals surface area contributed by atoms with Crippen LogP contribution in [-0.4, -0.2) is 35.4 Å². The molecule has 33 heavy (non-hydrogen) atoms. The van der Waals surface area contributed by atoms with E-state index in [1.54, 1.807) is 12.1 Å². The van der Waals surface area contributed by atoms with Crippen molar-refractivity contribution >= 4 is 28.3 Å². The highest BCUT2D eigenvalue weighted by molar-refractivity contribution is 8.14. The average Bonchev–Trinajstić information content (AvgIpc) is 2.83. The Kier molecular flexibility index (Phi) is 7.99. The summed E-state index contributed by atoms with van der Waals surface area (Å²) in [5.74, 6) is -0.152. The first-order valence-corrected chi connectivity index (χ1v) is 12.7. The fraction of sp³-hybridized carbons (Fsp3) is 0.407. The van der Waals surface area contributed by atoms with E-state index in [9.17, 15) is 14.0 Å². The van der Waals surface area contributed by atoms with Gasteiger partial charge in [0.15, 0.2) is 5.78 Å². The molecule has 0 bridgehead atoms. The zero-order chi connectivity index (χ0) is 23.2. The van der Waals surface area contributed by atoms with Crippen LogP contribution >= 0.6 is 11.8 Å². The molecule has 2 aliphatic heterocycles. The topological polar surface area (TPSA) is 40.6 Å². The Balaban J connectivity index is 1.43. The summed E-state index contributed by atoms with van der Waals surface area (Å²) in [7, 11) is 0. The number of carbonyl (C=O) groups excluding carboxylic acids is 2. The van der Waals surface area contributed by atoms with Crippen LogP contribution in [0.4, 0.5) is 10.1 Å². The third-order valence-electron chi connectivity index (χ3n) is 6.38. The van der Waals surface area contributed by atoms with E-state index in [0.717, 1.165) is 35.5 Å². The molecule has 0 aliphatic carbocycles. The van der Waals surface area contributed by atoms with E-state index in [2.05, 4.69) is 4.90 Å². The molecule has 2 aromatic rings. The van der Waals surface area contributed by atoms with Crippen LogP contribution in [-0.2, 0) is 11.3 Å². The molecule has 174 valence electrons. The molecule has 0 spiro atoms. The number of thioether (sulfide) groups is 1. The molecule has 0 aromatic heterocycles. The fourth-order valence-electron chi connectivity index (χ4n) is 4.55. The number of anilines is 1. The lowest BCUT2D eigenvalue weighted by Crippen LogP contribution is -2.30. The molecule has 2 heterocycles. The molecular weight excluding hydrogens is 435 g/mol. The second kappa shape index (κ2) is 11.1. The number of halogens is 1. The van der Waals surface area contributed by atoms with Gasteiger partial charge in [-0.05, 0) is 99.9 Å². The van der Waals surface area contributed by atoms with E-state index >= 15 is 0 Å². The molecule has 1 fully saturated rings. The van der Waals surface area contributed by atoms with Gasteiger partial charge in [0.05, 0.1) is 11.4 Å². The van der Waals surface area contributed by atoms with Crippen LogP contribution < -0.4 is 4.90 Å². The van der Waals surface area contributed by atoms with Crippen LogP contribution in [0.25, 0.3) is 0 Å². The van der Waals surface area contributed by atoms with Crippen LogP contribution in [0.5, 0.6) is 0 Å². The molecule has 0 radical (unpaired) electrons. The monoisotopic (exact) mass is 466 g/mol. The Morgan fingerprint density at radius 3 is 2.55 bits per heavy atom. The minimum atomic E-state index is -0.283. The lowest BCUT2D eigenvalue weighted by molar-refractivity contribution is -0.108. The number of likely N-dealkylation sites (tertiary alicyclic amines) is 1. The second-order valence-electron chi connectivity index (χ2n) is 8.74. The standard InChI is InChI=1S/C27H31FN2O2S/c1-2-23-27(32)33-26-18-21(25(31)8-4-7-17-29-15-5-3-6-16-29)11-14-24(26)30(23)19-20-9-12-22(28)13-10-20/h2,9-14,18H,3-8,15-17,19H2,1H3/b23-2-. The predicted octanol–water partition coefficient (Wildman–Crippen LogP) is 6.21. The Morgan fingerprint density at radius 2 is 1.82 bits per heavy atom. The molecule has 0 unspecified atom stereocenters. The number of rotatable bonds is 8. The van der Waals surface area contributed by atoms with Gasteiger partial charge in [-0.25, -0.2) is 4.39 Å². The summed E-state index contributed by atoms with van der Waals surface area (Å²) < 4.78 is 13.3. The summed E-state index contributed by atoms with van der Waals surface area (Å²) in [6.07, 6.45) is 8.19. The molecular formula is C27H31FN2O2S. The van der Waals surface area contributed by atoms with E-state index in [4.69, 9.17) is 0 Å². The first kappa shape index (κ1) is 23.7. The number of piperidine rings is 1. The third kappa shape index (κ3) is 5.92. The normalized spacial score (nSPS) is 17.9. The molecule has 0 atom stereocenters. The molecule has 4 nitrogen and oxygen atoms in total.